The molecule has 0 aromatic heterocycles. The maximum absolute atomic E-state index is 5.76. The Bertz CT molecular complexity index is 298. The first-order valence-corrected chi connectivity index (χ1v) is 7.95. The lowest BCUT2D eigenvalue weighted by Crippen LogP contribution is -2.44. The Kier molecular flexibility index (Phi) is 5.33. The van der Waals surface area contributed by atoms with E-state index < -0.39 is 0 Å². The first-order valence-electron chi connectivity index (χ1n) is 6.96. The molecular formula is C13H25N3OS. The van der Waals surface area contributed by atoms with E-state index >= 15 is 0 Å². The molecule has 18 heavy (non-hydrogen) atoms. The van der Waals surface area contributed by atoms with Gasteiger partial charge in [-0.1, -0.05) is 25.6 Å². The second-order valence-electron chi connectivity index (χ2n) is 5.25. The highest BCUT2D eigenvalue weighted by molar-refractivity contribution is 8.13. The van der Waals surface area contributed by atoms with Crippen LogP contribution in [-0.4, -0.2) is 60.8 Å². The standard InChI is InChI=1S/C13H25N3OS/c1-4-16-5-6-17-12(8-16)7-14-13-15-11(3)10(2)9-18-13/h10-12H,4-9H2,1-3H3,(H,14,15). The number of hydrogen-bond donors (Lipinski definition) is 1. The Morgan fingerprint density at radius 2 is 2.33 bits per heavy atom. The molecule has 5 heteroatoms. The van der Waals surface area contributed by atoms with E-state index in [9.17, 15) is 0 Å². The van der Waals surface area contributed by atoms with Crippen LogP contribution in [0.4, 0.5) is 0 Å². The molecule has 104 valence electrons. The monoisotopic (exact) mass is 271 g/mol. The first-order chi connectivity index (χ1) is 8.69. The van der Waals surface area contributed by atoms with Crippen LogP contribution in [0.1, 0.15) is 20.8 Å². The van der Waals surface area contributed by atoms with Gasteiger partial charge in [0.2, 0.25) is 0 Å². The number of nitrogens with zero attached hydrogens (tertiary/aromatic N) is 2. The van der Waals surface area contributed by atoms with Crippen molar-refractivity contribution in [3.8, 4) is 0 Å². The predicted octanol–water partition coefficient (Wildman–Crippen LogP) is 1.42. The third kappa shape index (κ3) is 3.87. The molecule has 0 saturated carbocycles. The van der Waals surface area contributed by atoms with Crippen LogP contribution >= 0.6 is 11.8 Å². The summed E-state index contributed by atoms with van der Waals surface area (Å²) >= 11 is 1.84. The summed E-state index contributed by atoms with van der Waals surface area (Å²) in [6, 6.07) is 0.532. The molecule has 2 rings (SSSR count). The normalized spacial score (nSPS) is 36.6. The van der Waals surface area contributed by atoms with Crippen molar-refractivity contribution < 1.29 is 4.74 Å². The number of aliphatic imine (C=N–C) groups is 1. The summed E-state index contributed by atoms with van der Waals surface area (Å²) in [5.41, 5.74) is 0. The summed E-state index contributed by atoms with van der Waals surface area (Å²) in [5, 5.41) is 4.57. The first kappa shape index (κ1) is 14.2. The van der Waals surface area contributed by atoms with E-state index in [0.29, 0.717) is 6.04 Å². The van der Waals surface area contributed by atoms with Crippen molar-refractivity contribution in [3.05, 3.63) is 0 Å². The van der Waals surface area contributed by atoms with Gasteiger partial charge in [0.15, 0.2) is 5.17 Å². The second kappa shape index (κ2) is 6.78. The highest BCUT2D eigenvalue weighted by Gasteiger charge is 2.22. The lowest BCUT2D eigenvalue weighted by atomic mass is 10.1. The summed E-state index contributed by atoms with van der Waals surface area (Å²) in [4.78, 5) is 7.11. The Balaban J connectivity index is 1.79. The molecule has 1 N–H and O–H groups in total. The third-order valence-corrected chi connectivity index (χ3v) is 5.01. The smallest absolute Gasteiger partial charge is 0.156 e. The van der Waals surface area contributed by atoms with E-state index in [1.807, 2.05) is 11.8 Å². The molecule has 4 nitrogen and oxygen atoms in total. The number of ether oxygens (including phenoxy) is 1. The molecule has 3 unspecified atom stereocenters. The molecule has 2 heterocycles. The van der Waals surface area contributed by atoms with Gasteiger partial charge in [0.1, 0.15) is 0 Å². The Morgan fingerprint density at radius 3 is 3.06 bits per heavy atom. The Hall–Kier alpha value is -0.260. The lowest BCUT2D eigenvalue weighted by Gasteiger charge is -2.32. The maximum atomic E-state index is 5.76. The van der Waals surface area contributed by atoms with Crippen LogP contribution in [0.25, 0.3) is 0 Å². The minimum atomic E-state index is 0.267. The molecule has 0 aliphatic carbocycles. The molecule has 0 aromatic rings. The fourth-order valence-electron chi connectivity index (χ4n) is 2.19. The van der Waals surface area contributed by atoms with E-state index in [1.54, 1.807) is 0 Å². The number of amidine groups is 1. The number of morpholine rings is 1. The fraction of sp³-hybridized carbons (Fsp3) is 0.923. The summed E-state index contributed by atoms with van der Waals surface area (Å²) in [5.74, 6) is 1.88. The van der Waals surface area contributed by atoms with Crippen LogP contribution in [0.5, 0.6) is 0 Å². The molecule has 0 amide bonds. The minimum Gasteiger partial charge on any atom is -0.374 e. The third-order valence-electron chi connectivity index (χ3n) is 3.80. The molecular weight excluding hydrogens is 246 g/mol. The molecule has 3 atom stereocenters. The van der Waals surface area contributed by atoms with Crippen molar-refractivity contribution in [2.75, 3.05) is 38.5 Å². The van der Waals surface area contributed by atoms with E-state index in [2.05, 4.69) is 36.0 Å². The SMILES string of the molecule is CCN1CCOC(CN=C2NC(C)C(C)CS2)C1. The fourth-order valence-corrected chi connectivity index (χ4v) is 3.33. The number of hydrogen-bond acceptors (Lipinski definition) is 4. The van der Waals surface area contributed by atoms with Crippen LogP contribution < -0.4 is 5.32 Å². The molecule has 0 radical (unpaired) electrons. The van der Waals surface area contributed by atoms with Crippen molar-refractivity contribution in [3.63, 3.8) is 0 Å². The van der Waals surface area contributed by atoms with Gasteiger partial charge in [0, 0.05) is 24.9 Å². The molecule has 2 fully saturated rings. The van der Waals surface area contributed by atoms with E-state index in [4.69, 9.17) is 4.74 Å². The van der Waals surface area contributed by atoms with Gasteiger partial charge >= 0.3 is 0 Å². The van der Waals surface area contributed by atoms with Crippen molar-refractivity contribution in [2.24, 2.45) is 10.9 Å². The van der Waals surface area contributed by atoms with Gasteiger partial charge in [-0.15, -0.1) is 0 Å². The van der Waals surface area contributed by atoms with E-state index in [1.165, 1.54) is 5.75 Å². The van der Waals surface area contributed by atoms with Crippen LogP contribution in [0.3, 0.4) is 0 Å². The summed E-state index contributed by atoms with van der Waals surface area (Å²) in [6.45, 7) is 11.5. The summed E-state index contributed by atoms with van der Waals surface area (Å²) in [6.07, 6.45) is 0.267. The minimum absolute atomic E-state index is 0.267. The Morgan fingerprint density at radius 1 is 1.50 bits per heavy atom. The lowest BCUT2D eigenvalue weighted by molar-refractivity contribution is -0.0209. The van der Waals surface area contributed by atoms with Gasteiger partial charge in [-0.2, -0.15) is 0 Å². The summed E-state index contributed by atoms with van der Waals surface area (Å²) < 4.78 is 5.76. The maximum Gasteiger partial charge on any atom is 0.156 e. The number of rotatable bonds is 3. The van der Waals surface area contributed by atoms with Gasteiger partial charge in [-0.25, -0.2) is 0 Å². The molecule has 0 spiro atoms. The molecule has 0 aromatic carbocycles. The van der Waals surface area contributed by atoms with Crippen molar-refractivity contribution >= 4 is 16.9 Å². The van der Waals surface area contributed by atoms with E-state index in [-0.39, 0.29) is 6.10 Å². The van der Waals surface area contributed by atoms with E-state index in [0.717, 1.165) is 43.9 Å². The van der Waals surface area contributed by atoms with Crippen molar-refractivity contribution in [2.45, 2.75) is 32.9 Å². The molecule has 2 aliphatic rings. The van der Waals surface area contributed by atoms with Crippen LogP contribution in [-0.2, 0) is 4.74 Å². The molecule has 2 saturated heterocycles. The predicted molar refractivity (Wildman–Crippen MR) is 78.4 cm³/mol. The van der Waals surface area contributed by atoms with Crippen LogP contribution in [0.2, 0.25) is 0 Å². The van der Waals surface area contributed by atoms with Crippen molar-refractivity contribution in [1.82, 2.24) is 10.2 Å². The van der Waals surface area contributed by atoms with Gasteiger partial charge in [-0.3, -0.25) is 9.89 Å². The highest BCUT2D eigenvalue weighted by Crippen LogP contribution is 2.19. The topological polar surface area (TPSA) is 36.9 Å². The molecule has 0 bridgehead atoms. The average Bonchev–Trinajstić information content (AvgIpc) is 2.40. The quantitative estimate of drug-likeness (QED) is 0.842. The number of nitrogens with one attached hydrogen (secondary N) is 1. The van der Waals surface area contributed by atoms with Crippen LogP contribution in [0, 0.1) is 5.92 Å². The zero-order chi connectivity index (χ0) is 13.0. The van der Waals surface area contributed by atoms with Crippen LogP contribution in [0.15, 0.2) is 4.99 Å². The average molecular weight is 271 g/mol. The highest BCUT2D eigenvalue weighted by atomic mass is 32.2. The van der Waals surface area contributed by atoms with Gasteiger partial charge < -0.3 is 10.1 Å². The number of thioether (sulfide) groups is 1. The van der Waals surface area contributed by atoms with Gasteiger partial charge in [0.25, 0.3) is 0 Å². The van der Waals surface area contributed by atoms with Gasteiger partial charge in [-0.05, 0) is 19.4 Å². The molecule has 2 aliphatic heterocycles. The largest absolute Gasteiger partial charge is 0.374 e. The van der Waals surface area contributed by atoms with Gasteiger partial charge in [0.05, 0.1) is 19.3 Å². The Labute approximate surface area is 115 Å². The summed E-state index contributed by atoms with van der Waals surface area (Å²) in [7, 11) is 0. The zero-order valence-corrected chi connectivity index (χ0v) is 12.5. The number of likely N-dealkylation sites (N-methyl/N-ethyl adjacent to an activating group) is 1. The zero-order valence-electron chi connectivity index (χ0n) is 11.7. The van der Waals surface area contributed by atoms with Crippen molar-refractivity contribution in [1.29, 1.82) is 0 Å². The second-order valence-corrected chi connectivity index (χ2v) is 6.26.